The number of rotatable bonds is 3. The van der Waals surface area contributed by atoms with Crippen molar-refractivity contribution in [2.75, 3.05) is 0 Å². The van der Waals surface area contributed by atoms with Gasteiger partial charge in [-0.15, -0.1) is 0 Å². The number of halogens is 1. The van der Waals surface area contributed by atoms with Gasteiger partial charge in [0.2, 0.25) is 0 Å². The van der Waals surface area contributed by atoms with Crippen molar-refractivity contribution in [1.82, 2.24) is 9.55 Å². The van der Waals surface area contributed by atoms with Gasteiger partial charge in [0.25, 0.3) is 0 Å². The van der Waals surface area contributed by atoms with Crippen LogP contribution < -0.4 is 0 Å². The molecule has 4 rings (SSSR count). The summed E-state index contributed by atoms with van der Waals surface area (Å²) in [4.78, 5) is 15.7. The Kier molecular flexibility index (Phi) is 2.22. The molecule has 5 heteroatoms. The third-order valence-electron chi connectivity index (χ3n) is 4.03. The molecule has 0 bridgehead atoms. The number of aromatic nitrogens is 2. The van der Waals surface area contributed by atoms with Crippen LogP contribution in [0, 0.1) is 5.92 Å². The predicted molar refractivity (Wildman–Crippen MR) is 71.5 cm³/mol. The molecule has 2 aromatic rings. The van der Waals surface area contributed by atoms with Crippen LogP contribution in [-0.2, 0) is 4.79 Å². The normalized spacial score (nSPS) is 25.7. The molecule has 0 spiro atoms. The molecule has 0 saturated heterocycles. The minimum atomic E-state index is -0.711. The van der Waals surface area contributed by atoms with Crippen LogP contribution in [-0.4, -0.2) is 20.6 Å². The lowest BCUT2D eigenvalue weighted by atomic mass is 10.3. The van der Waals surface area contributed by atoms with Gasteiger partial charge in [0.1, 0.15) is 5.82 Å². The van der Waals surface area contributed by atoms with E-state index in [1.807, 2.05) is 18.2 Å². The first-order valence-electron chi connectivity index (χ1n) is 6.55. The van der Waals surface area contributed by atoms with Crippen molar-refractivity contribution in [1.29, 1.82) is 0 Å². The summed E-state index contributed by atoms with van der Waals surface area (Å²) in [6, 6.07) is 6.16. The molecule has 98 valence electrons. The van der Waals surface area contributed by atoms with Gasteiger partial charge in [-0.05, 0) is 37.5 Å². The minimum absolute atomic E-state index is 0.0734. The summed E-state index contributed by atoms with van der Waals surface area (Å²) in [5.41, 5.74) is 1.96. The van der Waals surface area contributed by atoms with Gasteiger partial charge in [0.15, 0.2) is 0 Å². The minimum Gasteiger partial charge on any atom is -0.481 e. The number of fused-ring (bicyclic) bond motifs is 1. The zero-order chi connectivity index (χ0) is 13.1. The molecule has 1 N–H and O–H groups in total. The van der Waals surface area contributed by atoms with Gasteiger partial charge in [-0.1, -0.05) is 11.6 Å². The molecule has 1 aromatic heterocycles. The van der Waals surface area contributed by atoms with Gasteiger partial charge in [-0.3, -0.25) is 4.79 Å². The fraction of sp³-hybridized carbons (Fsp3) is 0.429. The van der Waals surface area contributed by atoms with E-state index < -0.39 is 5.97 Å². The molecule has 0 amide bonds. The number of benzene rings is 1. The zero-order valence-corrected chi connectivity index (χ0v) is 11.0. The standard InChI is InChI=1S/C14H13ClN2O2/c15-7-1-4-11-12(5-7)17(8-2-3-8)13(16-11)9-6-10(9)14(18)19/h1,4-5,8-10H,2-3,6H2,(H,18,19). The predicted octanol–water partition coefficient (Wildman–Crippen LogP) is 3.21. The van der Waals surface area contributed by atoms with E-state index in [0.717, 1.165) is 29.7 Å². The number of carboxylic acid groups (broad SMARTS) is 1. The fourth-order valence-electron chi connectivity index (χ4n) is 2.82. The molecular formula is C14H13ClN2O2. The van der Waals surface area contributed by atoms with Crippen molar-refractivity contribution in [3.8, 4) is 0 Å². The lowest BCUT2D eigenvalue weighted by molar-refractivity contribution is -0.138. The fourth-order valence-corrected chi connectivity index (χ4v) is 2.98. The van der Waals surface area contributed by atoms with Crippen molar-refractivity contribution >= 4 is 28.6 Å². The van der Waals surface area contributed by atoms with E-state index in [9.17, 15) is 4.79 Å². The van der Waals surface area contributed by atoms with Gasteiger partial charge < -0.3 is 9.67 Å². The molecule has 19 heavy (non-hydrogen) atoms. The highest BCUT2D eigenvalue weighted by Gasteiger charge is 2.48. The number of carbonyl (C=O) groups is 1. The summed E-state index contributed by atoms with van der Waals surface area (Å²) in [5.74, 6) is 0.0404. The van der Waals surface area contributed by atoms with Gasteiger partial charge in [0, 0.05) is 17.0 Å². The number of hydrogen-bond acceptors (Lipinski definition) is 2. The van der Waals surface area contributed by atoms with Gasteiger partial charge in [-0.25, -0.2) is 4.98 Å². The molecule has 2 fully saturated rings. The van der Waals surface area contributed by atoms with E-state index in [0.29, 0.717) is 17.5 Å². The lowest BCUT2D eigenvalue weighted by Crippen LogP contribution is -2.04. The van der Waals surface area contributed by atoms with E-state index in [1.165, 1.54) is 0 Å². The number of imidazole rings is 1. The molecule has 0 radical (unpaired) electrons. The second kappa shape index (κ2) is 3.73. The average molecular weight is 277 g/mol. The molecule has 4 nitrogen and oxygen atoms in total. The highest BCUT2D eigenvalue weighted by Crippen LogP contribution is 2.50. The Labute approximate surface area is 115 Å². The first kappa shape index (κ1) is 11.3. The Morgan fingerprint density at radius 2 is 2.21 bits per heavy atom. The van der Waals surface area contributed by atoms with E-state index in [2.05, 4.69) is 9.55 Å². The average Bonchev–Trinajstić information content (AvgIpc) is 3.25. The Hall–Kier alpha value is -1.55. The number of aliphatic carboxylic acids is 1. The van der Waals surface area contributed by atoms with Crippen LogP contribution in [0.5, 0.6) is 0 Å². The Bertz CT molecular complexity index is 690. The molecular weight excluding hydrogens is 264 g/mol. The number of carboxylic acids is 1. The zero-order valence-electron chi connectivity index (χ0n) is 10.2. The van der Waals surface area contributed by atoms with Crippen LogP contribution in [0.15, 0.2) is 18.2 Å². The van der Waals surface area contributed by atoms with Crippen molar-refractivity contribution < 1.29 is 9.90 Å². The third-order valence-corrected chi connectivity index (χ3v) is 4.27. The smallest absolute Gasteiger partial charge is 0.307 e. The summed E-state index contributed by atoms with van der Waals surface area (Å²) in [6.45, 7) is 0. The highest BCUT2D eigenvalue weighted by atomic mass is 35.5. The van der Waals surface area contributed by atoms with E-state index in [-0.39, 0.29) is 11.8 Å². The van der Waals surface area contributed by atoms with E-state index in [1.54, 1.807) is 0 Å². The molecule has 2 aliphatic rings. The van der Waals surface area contributed by atoms with Crippen LogP contribution in [0.4, 0.5) is 0 Å². The van der Waals surface area contributed by atoms with Crippen molar-refractivity contribution in [2.45, 2.75) is 31.2 Å². The summed E-state index contributed by atoms with van der Waals surface area (Å²) in [7, 11) is 0. The number of hydrogen-bond donors (Lipinski definition) is 1. The second-order valence-corrected chi connectivity index (χ2v) is 5.93. The van der Waals surface area contributed by atoms with Gasteiger partial charge >= 0.3 is 5.97 Å². The maximum atomic E-state index is 11.1. The molecule has 2 saturated carbocycles. The molecule has 2 unspecified atom stereocenters. The largest absolute Gasteiger partial charge is 0.481 e. The molecule has 1 aromatic carbocycles. The van der Waals surface area contributed by atoms with Gasteiger partial charge in [-0.2, -0.15) is 0 Å². The SMILES string of the molecule is O=C(O)C1CC1c1nc2ccc(Cl)cc2n1C1CC1. The highest BCUT2D eigenvalue weighted by molar-refractivity contribution is 6.31. The number of nitrogens with zero attached hydrogens (tertiary/aromatic N) is 2. The Morgan fingerprint density at radius 1 is 1.42 bits per heavy atom. The lowest BCUT2D eigenvalue weighted by Gasteiger charge is -2.06. The quantitative estimate of drug-likeness (QED) is 0.936. The molecule has 1 heterocycles. The van der Waals surface area contributed by atoms with Crippen LogP contribution in [0.1, 0.15) is 37.0 Å². The second-order valence-electron chi connectivity index (χ2n) is 5.49. The van der Waals surface area contributed by atoms with Crippen molar-refractivity contribution in [3.63, 3.8) is 0 Å². The van der Waals surface area contributed by atoms with Crippen LogP contribution in [0.3, 0.4) is 0 Å². The van der Waals surface area contributed by atoms with Crippen molar-refractivity contribution in [3.05, 3.63) is 29.0 Å². The van der Waals surface area contributed by atoms with Crippen LogP contribution >= 0.6 is 11.6 Å². The first-order valence-corrected chi connectivity index (χ1v) is 6.93. The molecule has 2 aliphatic carbocycles. The Balaban J connectivity index is 1.86. The maximum Gasteiger partial charge on any atom is 0.307 e. The Morgan fingerprint density at radius 3 is 2.84 bits per heavy atom. The van der Waals surface area contributed by atoms with Crippen LogP contribution in [0.2, 0.25) is 5.02 Å². The summed E-state index contributed by atoms with van der Waals surface area (Å²) in [5, 5.41) is 9.79. The topological polar surface area (TPSA) is 55.1 Å². The summed E-state index contributed by atoms with van der Waals surface area (Å²) >= 11 is 6.06. The monoisotopic (exact) mass is 276 g/mol. The van der Waals surface area contributed by atoms with E-state index >= 15 is 0 Å². The molecule has 0 aliphatic heterocycles. The first-order chi connectivity index (χ1) is 9.15. The van der Waals surface area contributed by atoms with Crippen LogP contribution in [0.25, 0.3) is 11.0 Å². The maximum absolute atomic E-state index is 11.1. The summed E-state index contributed by atoms with van der Waals surface area (Å²) < 4.78 is 2.22. The molecule has 2 atom stereocenters. The van der Waals surface area contributed by atoms with E-state index in [4.69, 9.17) is 16.7 Å². The van der Waals surface area contributed by atoms with Crippen molar-refractivity contribution in [2.24, 2.45) is 5.92 Å². The summed E-state index contributed by atoms with van der Waals surface area (Å²) in [6.07, 6.45) is 3.00. The van der Waals surface area contributed by atoms with Gasteiger partial charge in [0.05, 0.1) is 17.0 Å². The third kappa shape index (κ3) is 1.74.